The molecule has 2 bridgehead atoms. The number of likely N-dealkylation sites (tertiary alicyclic amines) is 1. The third kappa shape index (κ3) is 14.9. The number of phenols is 1. The first kappa shape index (κ1) is 58.6. The van der Waals surface area contributed by atoms with Crippen molar-refractivity contribution in [1.29, 1.82) is 0 Å². The molecule has 4 aromatic heterocycles. The van der Waals surface area contributed by atoms with E-state index in [1.54, 1.807) is 23.5 Å². The zero-order valence-corrected chi connectivity index (χ0v) is 48.7. The minimum atomic E-state index is -0.380. The lowest BCUT2D eigenvalue weighted by Gasteiger charge is -2.43. The maximum atomic E-state index is 13.5. The lowest BCUT2D eigenvalue weighted by molar-refractivity contribution is -0.126. The second-order valence-electron chi connectivity index (χ2n) is 21.5. The Balaban J connectivity index is 0.000000194. The Labute approximate surface area is 480 Å². The van der Waals surface area contributed by atoms with Gasteiger partial charge in [-0.3, -0.25) is 9.59 Å². The number of aromatic hydroxyl groups is 1. The zero-order chi connectivity index (χ0) is 56.8. The van der Waals surface area contributed by atoms with Crippen molar-refractivity contribution in [2.24, 2.45) is 5.92 Å². The molecule has 4 saturated heterocycles. The summed E-state index contributed by atoms with van der Waals surface area (Å²) < 4.78 is 14.3. The molecule has 4 unspecified atom stereocenters. The maximum Gasteiger partial charge on any atom is 0.320 e. The number of piperidine rings is 1. The van der Waals surface area contributed by atoms with Crippen LogP contribution in [0.4, 0.5) is 27.8 Å². The molecular formula is C59H78N13O7PS. The minimum Gasteiger partial charge on any atom is -0.507 e. The van der Waals surface area contributed by atoms with Crippen LogP contribution in [-0.4, -0.2) is 147 Å². The van der Waals surface area contributed by atoms with E-state index in [4.69, 9.17) is 15.0 Å². The topological polar surface area (TPSA) is 245 Å². The van der Waals surface area contributed by atoms with Gasteiger partial charge in [-0.15, -0.1) is 21.5 Å². The predicted molar refractivity (Wildman–Crippen MR) is 319 cm³/mol. The number of piperazine rings is 1. The fourth-order valence-electron chi connectivity index (χ4n) is 10.8. The summed E-state index contributed by atoms with van der Waals surface area (Å²) in [5.41, 5.74) is 14.6. The van der Waals surface area contributed by atoms with Crippen molar-refractivity contribution in [2.75, 3.05) is 85.0 Å². The number of rotatable bonds is 17. The molecule has 6 N–H and O–H groups in total. The van der Waals surface area contributed by atoms with Gasteiger partial charge in [-0.05, 0) is 107 Å². The van der Waals surface area contributed by atoms with Crippen LogP contribution >= 0.6 is 19.4 Å². The number of pyridine rings is 1. The van der Waals surface area contributed by atoms with Crippen molar-refractivity contribution >= 4 is 60.8 Å². The normalized spacial score (nSPS) is 18.9. The average molecular weight is 1140 g/mol. The number of hydrogen-bond donors (Lipinski definition) is 5. The summed E-state index contributed by atoms with van der Waals surface area (Å²) in [4.78, 5) is 55.2. The number of carbonyl (C=O) groups is 3. The molecule has 81 heavy (non-hydrogen) atoms. The van der Waals surface area contributed by atoms with Gasteiger partial charge in [0.05, 0.1) is 51.9 Å². The number of hydrogen-bond acceptors (Lipinski definition) is 17. The average Bonchev–Trinajstić information content (AvgIpc) is 4.20. The SMILES string of the molecule is CCC.Cc1ncsc1-c1ccc(C(C)NC(=O)C(CCCNC=O)Cc2cc(N3CCN(C(=O)N4CCC(O)CC4)CC3)no2)cc1.Nc1nnc(-c2ccccc2O)cc1N1CC2CCP(C1)N2c1ccnc(OC2CCC2)c1. The molecule has 4 atom stereocenters. The first-order valence-electron chi connectivity index (χ1n) is 28.6. The zero-order valence-electron chi connectivity index (χ0n) is 47.0. The predicted octanol–water partition coefficient (Wildman–Crippen LogP) is 8.99. The summed E-state index contributed by atoms with van der Waals surface area (Å²) in [5.74, 6) is 2.24. The van der Waals surface area contributed by atoms with Crippen LogP contribution in [0.3, 0.4) is 0 Å². The molecule has 4 aliphatic heterocycles. The number of urea groups is 1. The van der Waals surface area contributed by atoms with E-state index in [1.165, 1.54) is 24.7 Å². The molecule has 2 aromatic carbocycles. The summed E-state index contributed by atoms with van der Waals surface area (Å²) in [6, 6.07) is 23.7. The van der Waals surface area contributed by atoms with E-state index in [2.05, 4.69) is 88.5 Å². The molecule has 0 spiro atoms. The molecule has 1 aliphatic carbocycles. The van der Waals surface area contributed by atoms with Crippen molar-refractivity contribution in [1.82, 2.24) is 45.8 Å². The summed E-state index contributed by atoms with van der Waals surface area (Å²) in [6.07, 6.45) is 13.4. The molecule has 4 amide bonds. The fourth-order valence-corrected chi connectivity index (χ4v) is 14.4. The molecule has 11 rings (SSSR count). The number of aryl methyl sites for hydroxylation is 1. The third-order valence-corrected chi connectivity index (χ3v) is 19.1. The van der Waals surface area contributed by atoms with E-state index < -0.39 is 0 Å². The van der Waals surface area contributed by atoms with Crippen LogP contribution in [0.2, 0.25) is 0 Å². The number of thiazole rings is 1. The van der Waals surface area contributed by atoms with Crippen LogP contribution in [-0.2, 0) is 16.0 Å². The number of anilines is 4. The molecular weight excluding hydrogens is 1070 g/mol. The number of carbonyl (C=O) groups excluding carboxylic acids is 3. The summed E-state index contributed by atoms with van der Waals surface area (Å²) >= 11 is 1.61. The number of phenolic OH excluding ortho intramolecular Hbond substituents is 1. The van der Waals surface area contributed by atoms with Crippen molar-refractivity contribution in [3.8, 4) is 33.3 Å². The minimum absolute atomic E-state index is 0.0281. The number of aromatic nitrogens is 5. The number of benzene rings is 2. The van der Waals surface area contributed by atoms with Gasteiger partial charge in [0.15, 0.2) is 11.6 Å². The van der Waals surface area contributed by atoms with Crippen LogP contribution < -0.4 is 35.6 Å². The second-order valence-corrected chi connectivity index (χ2v) is 24.5. The van der Waals surface area contributed by atoms with Crippen LogP contribution in [0.15, 0.2) is 89.0 Å². The molecule has 1 saturated carbocycles. The highest BCUT2D eigenvalue weighted by Crippen LogP contribution is 2.56. The lowest BCUT2D eigenvalue weighted by Crippen LogP contribution is -2.54. The fraction of sp³-hybridized carbons (Fsp3) is 0.492. The first-order valence-corrected chi connectivity index (χ1v) is 31.2. The monoisotopic (exact) mass is 1140 g/mol. The largest absolute Gasteiger partial charge is 0.507 e. The van der Waals surface area contributed by atoms with E-state index in [-0.39, 0.29) is 43.8 Å². The van der Waals surface area contributed by atoms with Gasteiger partial charge in [0, 0.05) is 102 Å². The van der Waals surface area contributed by atoms with E-state index in [0.29, 0.717) is 125 Å². The Morgan fingerprint density at radius 3 is 2.38 bits per heavy atom. The number of aliphatic hydroxyl groups is 1. The van der Waals surface area contributed by atoms with Gasteiger partial charge in [-0.2, -0.15) is 0 Å². The highest BCUT2D eigenvalue weighted by Gasteiger charge is 2.41. The van der Waals surface area contributed by atoms with Gasteiger partial charge in [-0.1, -0.05) is 61.8 Å². The number of ether oxygens (including phenoxy) is 1. The molecule has 432 valence electrons. The maximum absolute atomic E-state index is 13.5. The molecule has 5 fully saturated rings. The van der Waals surface area contributed by atoms with Gasteiger partial charge in [0.1, 0.15) is 17.6 Å². The first-order chi connectivity index (χ1) is 39.4. The van der Waals surface area contributed by atoms with Gasteiger partial charge >= 0.3 is 6.03 Å². The van der Waals surface area contributed by atoms with Crippen LogP contribution in [0.1, 0.15) is 102 Å². The second kappa shape index (κ2) is 28.1. The summed E-state index contributed by atoms with van der Waals surface area (Å²) in [7, 11) is -0.380. The number of para-hydroxylation sites is 1. The third-order valence-electron chi connectivity index (χ3n) is 15.5. The lowest BCUT2D eigenvalue weighted by atomic mass is 9.95. The standard InChI is InChI=1S/C32H43N7O5S.C24H27N6O2P.C3H8/c1-22(24-5-7-25(8-6-24)30-23(2)34-21-45-30)35-31(42)26(4-3-11-33-20-40)18-28-19-29(36-44-28)37-14-16-39(17-15-37)32(43)38-12-9-27(41)10-13-38;25-24-21(13-20(27-28-24)19-6-1-2-7-22(19)31)29-14-17-9-11-33(15-29)30(17)16-8-10-26-23(12-16)32-18-4-3-5-18;1-3-2/h5-8,19-22,26-27,41H,3-4,9-18H2,1-2H3,(H,33,40)(H,35,42);1-2,6-8,10,12-13,17-18,31H,3-5,9,11,14-15H2,(H2,25,28);3H2,1-2H3. The molecule has 6 aromatic rings. The van der Waals surface area contributed by atoms with E-state index in [0.717, 1.165) is 65.4 Å². The number of nitrogens with two attached hydrogens (primary N) is 1. The Kier molecular flexibility index (Phi) is 20.3. The van der Waals surface area contributed by atoms with E-state index in [1.807, 2.05) is 71.8 Å². The van der Waals surface area contributed by atoms with Crippen LogP contribution in [0, 0.1) is 12.8 Å². The quantitative estimate of drug-likeness (QED) is 0.0325. The summed E-state index contributed by atoms with van der Waals surface area (Å²) in [6.45, 7) is 13.2. The van der Waals surface area contributed by atoms with E-state index >= 15 is 0 Å². The van der Waals surface area contributed by atoms with Crippen molar-refractivity contribution in [3.63, 3.8) is 0 Å². The number of nitrogens with one attached hydrogen (secondary N) is 2. The Bertz CT molecular complexity index is 2990. The number of aliphatic hydroxyl groups excluding tert-OH is 1. The smallest absolute Gasteiger partial charge is 0.320 e. The number of nitrogens with zero attached hydrogens (tertiary/aromatic N) is 10. The number of fused-ring (bicyclic) bond motifs is 2. The van der Waals surface area contributed by atoms with E-state index in [9.17, 15) is 24.6 Å². The van der Waals surface area contributed by atoms with Crippen LogP contribution in [0.25, 0.3) is 21.7 Å². The van der Waals surface area contributed by atoms with Crippen molar-refractivity contribution in [3.05, 3.63) is 102 Å². The Hall–Kier alpha value is -7.09. The Morgan fingerprint density at radius 2 is 1.69 bits per heavy atom. The van der Waals surface area contributed by atoms with Crippen molar-refractivity contribution < 1.29 is 33.9 Å². The summed E-state index contributed by atoms with van der Waals surface area (Å²) in [5, 5.41) is 38.6. The molecule has 0 radical (unpaired) electrons. The van der Waals surface area contributed by atoms with Gasteiger partial charge in [0.25, 0.3) is 0 Å². The van der Waals surface area contributed by atoms with Gasteiger partial charge in [0.2, 0.25) is 18.2 Å². The van der Waals surface area contributed by atoms with Gasteiger partial charge in [-0.25, -0.2) is 14.8 Å². The van der Waals surface area contributed by atoms with Crippen LogP contribution in [0.5, 0.6) is 11.6 Å². The number of amides is 4. The molecule has 22 heteroatoms. The highest BCUT2D eigenvalue weighted by molar-refractivity contribution is 7.60. The molecule has 20 nitrogen and oxygen atoms in total. The van der Waals surface area contributed by atoms with Gasteiger partial charge < -0.3 is 60.1 Å². The Morgan fingerprint density at radius 1 is 0.938 bits per heavy atom. The number of nitrogen functional groups attached to an aromatic ring is 1. The highest BCUT2D eigenvalue weighted by atomic mass is 32.1. The molecule has 5 aliphatic rings. The molecule has 8 heterocycles. The van der Waals surface area contributed by atoms with Crippen molar-refractivity contribution in [2.45, 2.75) is 116 Å².